The van der Waals surface area contributed by atoms with Gasteiger partial charge in [-0.15, -0.1) is 0 Å². The third-order valence-corrected chi connectivity index (χ3v) is 4.03. The van der Waals surface area contributed by atoms with Crippen molar-refractivity contribution in [1.29, 1.82) is 0 Å². The normalized spacial score (nSPS) is 12.8. The van der Waals surface area contributed by atoms with Crippen LogP contribution in [0.4, 0.5) is 11.4 Å². The molecule has 0 bridgehead atoms. The molecule has 0 spiro atoms. The largest absolute Gasteiger partial charge is 0.397 e. The molecule has 19 heavy (non-hydrogen) atoms. The number of hydrogen-bond donors (Lipinski definition) is 4. The van der Waals surface area contributed by atoms with E-state index in [1.807, 2.05) is 0 Å². The molecule has 106 valence electrons. The first-order chi connectivity index (χ1) is 8.81. The summed E-state index contributed by atoms with van der Waals surface area (Å²) in [7, 11) is -0.700. The lowest BCUT2D eigenvalue weighted by Crippen LogP contribution is -2.35. The van der Waals surface area contributed by atoms with Gasteiger partial charge in [0.2, 0.25) is 15.9 Å². The molecular formula is C11H18N4O3S. The van der Waals surface area contributed by atoms with Crippen LogP contribution >= 0.6 is 0 Å². The van der Waals surface area contributed by atoms with Crippen molar-refractivity contribution in [2.75, 3.05) is 25.1 Å². The number of nitrogens with two attached hydrogens (primary N) is 1. The Bertz CT molecular complexity index is 571. The first kappa shape index (κ1) is 15.3. The van der Waals surface area contributed by atoms with Gasteiger partial charge in [0.05, 0.1) is 16.3 Å². The molecule has 1 aromatic carbocycles. The van der Waals surface area contributed by atoms with Crippen LogP contribution in [0.25, 0.3) is 0 Å². The SMILES string of the molecule is CNC(=O)C(C)Nc1cc(S(=O)(=O)NC)ccc1N. The predicted octanol–water partition coefficient (Wildman–Crippen LogP) is -0.277. The summed E-state index contributed by atoms with van der Waals surface area (Å²) in [5.74, 6) is -0.221. The van der Waals surface area contributed by atoms with Crippen molar-refractivity contribution in [2.45, 2.75) is 17.9 Å². The topological polar surface area (TPSA) is 113 Å². The van der Waals surface area contributed by atoms with Gasteiger partial charge in [0, 0.05) is 7.05 Å². The van der Waals surface area contributed by atoms with E-state index in [1.54, 1.807) is 6.92 Å². The number of carbonyl (C=O) groups excluding carboxylic acids is 1. The molecule has 1 aromatic rings. The molecule has 0 heterocycles. The molecule has 0 fully saturated rings. The number of rotatable bonds is 5. The number of carbonyl (C=O) groups is 1. The van der Waals surface area contributed by atoms with E-state index in [0.717, 1.165) is 0 Å². The quantitative estimate of drug-likeness (QED) is 0.556. The minimum absolute atomic E-state index is 0.0795. The molecule has 0 saturated heterocycles. The maximum Gasteiger partial charge on any atom is 0.241 e. The van der Waals surface area contributed by atoms with Gasteiger partial charge in [-0.05, 0) is 32.2 Å². The van der Waals surface area contributed by atoms with Crippen molar-refractivity contribution in [1.82, 2.24) is 10.0 Å². The second-order valence-electron chi connectivity index (χ2n) is 3.94. The summed E-state index contributed by atoms with van der Waals surface area (Å²) in [6.07, 6.45) is 0. The number of nitrogens with one attached hydrogen (secondary N) is 3. The van der Waals surface area contributed by atoms with Crippen molar-refractivity contribution in [2.24, 2.45) is 0 Å². The van der Waals surface area contributed by atoms with E-state index in [-0.39, 0.29) is 10.8 Å². The highest BCUT2D eigenvalue weighted by molar-refractivity contribution is 7.89. The summed E-state index contributed by atoms with van der Waals surface area (Å²) >= 11 is 0. The van der Waals surface area contributed by atoms with E-state index in [0.29, 0.717) is 11.4 Å². The lowest BCUT2D eigenvalue weighted by atomic mass is 10.2. The lowest BCUT2D eigenvalue weighted by molar-refractivity contribution is -0.121. The van der Waals surface area contributed by atoms with Crippen molar-refractivity contribution < 1.29 is 13.2 Å². The monoisotopic (exact) mass is 286 g/mol. The van der Waals surface area contributed by atoms with Crippen molar-refractivity contribution in [3.05, 3.63) is 18.2 Å². The predicted molar refractivity (Wildman–Crippen MR) is 74.3 cm³/mol. The summed E-state index contributed by atoms with van der Waals surface area (Å²) < 4.78 is 25.6. The van der Waals surface area contributed by atoms with Gasteiger partial charge < -0.3 is 16.4 Å². The Kier molecular flexibility index (Phi) is 4.73. The second-order valence-corrected chi connectivity index (χ2v) is 5.82. The zero-order valence-corrected chi connectivity index (χ0v) is 11.8. The molecular weight excluding hydrogens is 268 g/mol. The molecule has 8 heteroatoms. The standard InChI is InChI=1S/C11H18N4O3S/c1-7(11(16)13-2)15-10-6-8(4-5-9(10)12)19(17,18)14-3/h4-7,14-15H,12H2,1-3H3,(H,13,16). The Morgan fingerprint density at radius 2 is 1.95 bits per heavy atom. The van der Waals surface area contributed by atoms with E-state index < -0.39 is 16.1 Å². The third-order valence-electron chi connectivity index (χ3n) is 2.62. The average molecular weight is 286 g/mol. The molecule has 0 radical (unpaired) electrons. The molecule has 5 N–H and O–H groups in total. The Balaban J connectivity index is 3.08. The molecule has 0 saturated carbocycles. The third kappa shape index (κ3) is 3.58. The minimum atomic E-state index is -3.55. The van der Waals surface area contributed by atoms with Gasteiger partial charge in [-0.2, -0.15) is 0 Å². The maximum absolute atomic E-state index is 11.7. The van der Waals surface area contributed by atoms with Gasteiger partial charge in [-0.1, -0.05) is 0 Å². The zero-order valence-electron chi connectivity index (χ0n) is 11.0. The minimum Gasteiger partial charge on any atom is -0.397 e. The zero-order chi connectivity index (χ0) is 14.6. The van der Waals surface area contributed by atoms with Crippen molar-refractivity contribution >= 4 is 27.3 Å². The van der Waals surface area contributed by atoms with Gasteiger partial charge in [-0.25, -0.2) is 13.1 Å². The summed E-state index contributed by atoms with van der Waals surface area (Å²) in [4.78, 5) is 11.5. The molecule has 0 aliphatic carbocycles. The van der Waals surface area contributed by atoms with Gasteiger partial charge in [0.1, 0.15) is 6.04 Å². The van der Waals surface area contributed by atoms with Crippen LogP contribution in [-0.4, -0.2) is 34.5 Å². The molecule has 0 aromatic heterocycles. The number of nitrogen functional groups attached to an aromatic ring is 1. The summed E-state index contributed by atoms with van der Waals surface area (Å²) in [5.41, 5.74) is 6.52. The molecule has 0 aliphatic rings. The highest BCUT2D eigenvalue weighted by Gasteiger charge is 2.16. The van der Waals surface area contributed by atoms with Gasteiger partial charge >= 0.3 is 0 Å². The van der Waals surface area contributed by atoms with Crippen LogP contribution in [0.5, 0.6) is 0 Å². The van der Waals surface area contributed by atoms with E-state index in [1.165, 1.54) is 32.3 Å². The number of benzene rings is 1. The smallest absolute Gasteiger partial charge is 0.241 e. The van der Waals surface area contributed by atoms with Gasteiger partial charge in [0.15, 0.2) is 0 Å². The molecule has 1 rings (SSSR count). The Labute approximate surface area is 112 Å². The molecule has 1 amide bonds. The van der Waals surface area contributed by atoms with Crippen LogP contribution in [0.2, 0.25) is 0 Å². The van der Waals surface area contributed by atoms with Crippen LogP contribution in [0.3, 0.4) is 0 Å². The van der Waals surface area contributed by atoms with Crippen LogP contribution in [-0.2, 0) is 14.8 Å². The Morgan fingerprint density at radius 1 is 1.32 bits per heavy atom. The number of amides is 1. The summed E-state index contributed by atoms with van der Waals surface area (Å²) in [5, 5.41) is 5.36. The Morgan fingerprint density at radius 3 is 2.47 bits per heavy atom. The van der Waals surface area contributed by atoms with Crippen LogP contribution < -0.4 is 21.1 Å². The van der Waals surface area contributed by atoms with Crippen LogP contribution in [0.1, 0.15) is 6.92 Å². The fraction of sp³-hybridized carbons (Fsp3) is 0.364. The number of likely N-dealkylation sites (N-methyl/N-ethyl adjacent to an activating group) is 1. The van der Waals surface area contributed by atoms with Crippen LogP contribution in [0.15, 0.2) is 23.1 Å². The average Bonchev–Trinajstić information content (AvgIpc) is 2.39. The van der Waals surface area contributed by atoms with E-state index in [2.05, 4.69) is 15.4 Å². The maximum atomic E-state index is 11.7. The first-order valence-corrected chi connectivity index (χ1v) is 7.11. The molecule has 7 nitrogen and oxygen atoms in total. The van der Waals surface area contributed by atoms with Crippen molar-refractivity contribution in [3.63, 3.8) is 0 Å². The summed E-state index contributed by atoms with van der Waals surface area (Å²) in [6.45, 7) is 1.65. The molecule has 0 aliphatic heterocycles. The highest BCUT2D eigenvalue weighted by atomic mass is 32.2. The first-order valence-electron chi connectivity index (χ1n) is 5.63. The second kappa shape index (κ2) is 5.89. The van der Waals surface area contributed by atoms with Crippen molar-refractivity contribution in [3.8, 4) is 0 Å². The van der Waals surface area contributed by atoms with E-state index in [4.69, 9.17) is 5.73 Å². The number of hydrogen-bond acceptors (Lipinski definition) is 5. The van der Waals surface area contributed by atoms with Crippen LogP contribution in [0, 0.1) is 0 Å². The Hall–Kier alpha value is -1.80. The summed E-state index contributed by atoms with van der Waals surface area (Å²) in [6, 6.07) is 3.74. The molecule has 1 unspecified atom stereocenters. The van der Waals surface area contributed by atoms with Gasteiger partial charge in [-0.3, -0.25) is 4.79 Å². The highest BCUT2D eigenvalue weighted by Crippen LogP contribution is 2.23. The fourth-order valence-corrected chi connectivity index (χ4v) is 2.22. The van der Waals surface area contributed by atoms with Gasteiger partial charge in [0.25, 0.3) is 0 Å². The number of anilines is 2. The van der Waals surface area contributed by atoms with E-state index in [9.17, 15) is 13.2 Å². The molecule has 1 atom stereocenters. The fourth-order valence-electron chi connectivity index (χ4n) is 1.46. The van der Waals surface area contributed by atoms with E-state index >= 15 is 0 Å². The lowest BCUT2D eigenvalue weighted by Gasteiger charge is -2.16. The number of sulfonamides is 1.